The van der Waals surface area contributed by atoms with Crippen molar-refractivity contribution in [2.24, 2.45) is 4.99 Å². The Bertz CT molecular complexity index is 1560. The van der Waals surface area contributed by atoms with Gasteiger partial charge >= 0.3 is 5.97 Å². The SMILES string of the molecule is COC(=O)c1ccccc1N=C(C)c1c(-c2ccccc2)[nH]n(-c2nc3ccccc3s2)c1=O. The Kier molecular flexibility index (Phi) is 5.65. The van der Waals surface area contributed by atoms with Crippen LogP contribution in [0.25, 0.3) is 26.6 Å². The first kappa shape index (κ1) is 21.5. The Morgan fingerprint density at radius 2 is 1.71 bits per heavy atom. The molecule has 0 atom stereocenters. The number of H-pyrrole nitrogens is 1. The third-order valence-corrected chi connectivity index (χ3v) is 6.41. The van der Waals surface area contributed by atoms with Crippen molar-refractivity contribution in [3.05, 3.63) is 100 Å². The maximum absolute atomic E-state index is 13.7. The molecule has 168 valence electrons. The number of fused-ring (bicyclic) bond motifs is 1. The van der Waals surface area contributed by atoms with Crippen LogP contribution in [0.1, 0.15) is 22.8 Å². The smallest absolute Gasteiger partial charge is 0.340 e. The predicted octanol–water partition coefficient (Wildman–Crippen LogP) is 5.37. The van der Waals surface area contributed by atoms with Crippen LogP contribution in [-0.4, -0.2) is 33.6 Å². The lowest BCUT2D eigenvalue weighted by atomic mass is 10.0. The van der Waals surface area contributed by atoms with E-state index in [1.807, 2.05) is 54.6 Å². The molecule has 0 saturated carbocycles. The molecule has 0 aliphatic heterocycles. The molecule has 0 aliphatic rings. The first-order valence-electron chi connectivity index (χ1n) is 10.6. The molecule has 0 bridgehead atoms. The zero-order valence-electron chi connectivity index (χ0n) is 18.5. The van der Waals surface area contributed by atoms with Gasteiger partial charge in [0.15, 0.2) is 0 Å². The van der Waals surface area contributed by atoms with E-state index in [1.165, 1.54) is 23.1 Å². The average Bonchev–Trinajstić information content (AvgIpc) is 3.45. The summed E-state index contributed by atoms with van der Waals surface area (Å²) >= 11 is 1.43. The van der Waals surface area contributed by atoms with E-state index in [2.05, 4.69) is 15.1 Å². The topological polar surface area (TPSA) is 89.3 Å². The van der Waals surface area contributed by atoms with Crippen LogP contribution in [0.15, 0.2) is 88.6 Å². The normalized spacial score (nSPS) is 11.6. The molecule has 0 unspecified atom stereocenters. The maximum Gasteiger partial charge on any atom is 0.340 e. The van der Waals surface area contributed by atoms with Gasteiger partial charge in [0.25, 0.3) is 5.56 Å². The van der Waals surface area contributed by atoms with Crippen molar-refractivity contribution in [1.82, 2.24) is 14.8 Å². The maximum atomic E-state index is 13.7. The number of hydrogen-bond acceptors (Lipinski definition) is 6. The minimum atomic E-state index is -0.489. The third-order valence-electron chi connectivity index (χ3n) is 5.39. The van der Waals surface area contributed by atoms with Crippen LogP contribution >= 0.6 is 11.3 Å². The van der Waals surface area contributed by atoms with Crippen molar-refractivity contribution in [3.8, 4) is 16.4 Å². The number of esters is 1. The van der Waals surface area contributed by atoms with Crippen molar-refractivity contribution in [3.63, 3.8) is 0 Å². The lowest BCUT2D eigenvalue weighted by molar-refractivity contribution is 0.0601. The summed E-state index contributed by atoms with van der Waals surface area (Å²) in [6.07, 6.45) is 0. The number of nitrogens with zero attached hydrogens (tertiary/aromatic N) is 3. The van der Waals surface area contributed by atoms with E-state index in [-0.39, 0.29) is 5.56 Å². The van der Waals surface area contributed by atoms with Gasteiger partial charge in [-0.25, -0.2) is 9.78 Å². The predicted molar refractivity (Wildman–Crippen MR) is 135 cm³/mol. The number of hydrogen-bond donors (Lipinski definition) is 1. The molecule has 2 aromatic heterocycles. The van der Waals surface area contributed by atoms with Crippen molar-refractivity contribution < 1.29 is 9.53 Å². The fourth-order valence-electron chi connectivity index (χ4n) is 3.77. The minimum Gasteiger partial charge on any atom is -0.465 e. The number of aromatic amines is 1. The number of thiazole rings is 1. The van der Waals surface area contributed by atoms with Crippen LogP contribution in [0, 0.1) is 0 Å². The zero-order chi connectivity index (χ0) is 23.7. The number of carbonyl (C=O) groups is 1. The Morgan fingerprint density at radius 1 is 1.00 bits per heavy atom. The first-order chi connectivity index (χ1) is 16.6. The number of rotatable bonds is 5. The largest absolute Gasteiger partial charge is 0.465 e. The molecule has 5 aromatic rings. The van der Waals surface area contributed by atoms with Crippen LogP contribution in [0.4, 0.5) is 5.69 Å². The molecule has 34 heavy (non-hydrogen) atoms. The number of methoxy groups -OCH3 is 1. The van der Waals surface area contributed by atoms with Gasteiger partial charge in [-0.2, -0.15) is 4.68 Å². The second-order valence-electron chi connectivity index (χ2n) is 7.54. The highest BCUT2D eigenvalue weighted by Crippen LogP contribution is 2.27. The fraction of sp³-hybridized carbons (Fsp3) is 0.0769. The monoisotopic (exact) mass is 468 g/mol. The second-order valence-corrected chi connectivity index (χ2v) is 8.55. The lowest BCUT2D eigenvalue weighted by Gasteiger charge is -2.06. The summed E-state index contributed by atoms with van der Waals surface area (Å²) in [5.74, 6) is -0.489. The molecule has 0 aliphatic carbocycles. The molecule has 8 heteroatoms. The minimum absolute atomic E-state index is 0.269. The number of aliphatic imine (C=N–C) groups is 1. The average molecular weight is 469 g/mol. The lowest BCUT2D eigenvalue weighted by Crippen LogP contribution is -2.19. The number of aromatic nitrogens is 3. The van der Waals surface area contributed by atoms with Crippen molar-refractivity contribution in [2.45, 2.75) is 6.92 Å². The molecule has 7 nitrogen and oxygen atoms in total. The van der Waals surface area contributed by atoms with Gasteiger partial charge in [-0.05, 0) is 31.2 Å². The highest BCUT2D eigenvalue weighted by molar-refractivity contribution is 7.20. The van der Waals surface area contributed by atoms with E-state index >= 15 is 0 Å². The van der Waals surface area contributed by atoms with Crippen molar-refractivity contribution >= 4 is 38.9 Å². The molecule has 2 heterocycles. The van der Waals surface area contributed by atoms with Gasteiger partial charge in [0.2, 0.25) is 5.13 Å². The third kappa shape index (κ3) is 3.84. The summed E-state index contributed by atoms with van der Waals surface area (Å²) in [6.45, 7) is 1.76. The molecule has 3 aromatic carbocycles. The van der Waals surface area contributed by atoms with Gasteiger partial charge in [-0.15, -0.1) is 0 Å². The Labute approximate surface area is 199 Å². The number of para-hydroxylation sites is 2. The van der Waals surface area contributed by atoms with Gasteiger partial charge in [0.05, 0.1) is 45.5 Å². The number of ether oxygens (including phenoxy) is 1. The summed E-state index contributed by atoms with van der Waals surface area (Å²) in [5.41, 5.74) is 3.65. The molecule has 0 spiro atoms. The summed E-state index contributed by atoms with van der Waals surface area (Å²) < 4.78 is 7.32. The molecule has 0 amide bonds. The summed E-state index contributed by atoms with van der Waals surface area (Å²) in [5, 5.41) is 3.78. The van der Waals surface area contributed by atoms with E-state index in [0.29, 0.717) is 33.4 Å². The number of benzene rings is 3. The summed E-state index contributed by atoms with van der Waals surface area (Å²) in [4.78, 5) is 35.2. The summed E-state index contributed by atoms with van der Waals surface area (Å²) in [7, 11) is 1.33. The second kappa shape index (κ2) is 8.92. The Hall–Kier alpha value is -4.30. The van der Waals surface area contributed by atoms with Crippen LogP contribution in [0.2, 0.25) is 0 Å². The van der Waals surface area contributed by atoms with Gasteiger partial charge in [-0.3, -0.25) is 14.9 Å². The van der Waals surface area contributed by atoms with Gasteiger partial charge in [0.1, 0.15) is 0 Å². The molecule has 0 saturated heterocycles. The van der Waals surface area contributed by atoms with Gasteiger partial charge < -0.3 is 4.74 Å². The van der Waals surface area contributed by atoms with E-state index in [9.17, 15) is 9.59 Å². The zero-order valence-corrected chi connectivity index (χ0v) is 19.3. The van der Waals surface area contributed by atoms with Crippen molar-refractivity contribution in [2.75, 3.05) is 7.11 Å². The van der Waals surface area contributed by atoms with Crippen molar-refractivity contribution in [1.29, 1.82) is 0 Å². The molecule has 0 fully saturated rings. The molecular formula is C26H20N4O3S. The van der Waals surface area contributed by atoms with Crippen LogP contribution in [0.3, 0.4) is 0 Å². The highest BCUT2D eigenvalue weighted by Gasteiger charge is 2.21. The standard InChI is InChI=1S/C26H20N4O3S/c1-16(27-19-13-7-6-12-18(19)25(32)33-2)22-23(17-10-4-3-5-11-17)29-30(24(22)31)26-28-20-14-8-9-15-21(20)34-26/h3-15,29H,1-2H3. The van der Waals surface area contributed by atoms with E-state index in [0.717, 1.165) is 15.8 Å². The Morgan fingerprint density at radius 3 is 2.47 bits per heavy atom. The number of nitrogens with one attached hydrogen (secondary N) is 1. The molecule has 1 N–H and O–H groups in total. The van der Waals surface area contributed by atoms with Crippen LogP contribution in [-0.2, 0) is 4.74 Å². The van der Waals surface area contributed by atoms with Gasteiger partial charge in [0, 0.05) is 5.56 Å². The fourth-order valence-corrected chi connectivity index (χ4v) is 4.69. The molecular weight excluding hydrogens is 448 g/mol. The van der Waals surface area contributed by atoms with Crippen LogP contribution < -0.4 is 5.56 Å². The van der Waals surface area contributed by atoms with Crippen LogP contribution in [0.5, 0.6) is 0 Å². The van der Waals surface area contributed by atoms with E-state index in [1.54, 1.807) is 31.2 Å². The number of carbonyl (C=O) groups excluding carboxylic acids is 1. The first-order valence-corrected chi connectivity index (χ1v) is 11.4. The highest BCUT2D eigenvalue weighted by atomic mass is 32.1. The van der Waals surface area contributed by atoms with Gasteiger partial charge in [-0.1, -0.05) is 65.9 Å². The quantitative estimate of drug-likeness (QED) is 0.277. The molecule has 5 rings (SSSR count). The Balaban J connectivity index is 1.71. The van der Waals surface area contributed by atoms with E-state index in [4.69, 9.17) is 4.74 Å². The molecule has 0 radical (unpaired) electrons. The van der Waals surface area contributed by atoms with E-state index < -0.39 is 5.97 Å². The summed E-state index contributed by atoms with van der Waals surface area (Å²) in [6, 6.07) is 24.2.